The highest BCUT2D eigenvalue weighted by Gasteiger charge is 2.06. The van der Waals surface area contributed by atoms with Crippen LogP contribution in [0.4, 0.5) is 11.4 Å². The summed E-state index contributed by atoms with van der Waals surface area (Å²) in [7, 11) is 1.33. The topological polar surface area (TPSA) is 67.4 Å². The third-order valence-electron chi connectivity index (χ3n) is 2.91. The van der Waals surface area contributed by atoms with Crippen molar-refractivity contribution in [3.8, 4) is 0 Å². The van der Waals surface area contributed by atoms with Crippen LogP contribution in [0.15, 0.2) is 48.5 Å². The largest absolute Gasteiger partial charge is 0.465 e. The molecule has 114 valence electrons. The van der Waals surface area contributed by atoms with Gasteiger partial charge in [0.2, 0.25) is 5.91 Å². The number of hydrogen-bond donors (Lipinski definition) is 2. The maximum Gasteiger partial charge on any atom is 0.337 e. The van der Waals surface area contributed by atoms with E-state index in [2.05, 4.69) is 15.4 Å². The fourth-order valence-electron chi connectivity index (χ4n) is 1.78. The Kier molecular flexibility index (Phi) is 5.38. The Balaban J connectivity index is 1.89. The zero-order valence-corrected chi connectivity index (χ0v) is 12.7. The number of esters is 1. The van der Waals surface area contributed by atoms with Gasteiger partial charge in [0.05, 0.1) is 29.9 Å². The summed E-state index contributed by atoms with van der Waals surface area (Å²) >= 11 is 5.97. The molecule has 0 bridgehead atoms. The number of ether oxygens (including phenoxy) is 1. The molecular weight excluding hydrogens is 304 g/mol. The van der Waals surface area contributed by atoms with Crippen LogP contribution in [-0.2, 0) is 9.53 Å². The Morgan fingerprint density at radius 1 is 1.09 bits per heavy atom. The first kappa shape index (κ1) is 15.9. The van der Waals surface area contributed by atoms with E-state index in [9.17, 15) is 9.59 Å². The van der Waals surface area contributed by atoms with E-state index in [0.717, 1.165) is 5.69 Å². The van der Waals surface area contributed by atoms with E-state index in [-0.39, 0.29) is 12.5 Å². The zero-order valence-electron chi connectivity index (χ0n) is 11.9. The van der Waals surface area contributed by atoms with Crippen LogP contribution in [0.25, 0.3) is 0 Å². The predicted octanol–water partition coefficient (Wildman–Crippen LogP) is 3.18. The van der Waals surface area contributed by atoms with E-state index in [1.807, 2.05) is 0 Å². The van der Waals surface area contributed by atoms with Crippen LogP contribution in [0.1, 0.15) is 10.4 Å². The number of carbonyl (C=O) groups excluding carboxylic acids is 2. The Labute approximate surface area is 133 Å². The molecule has 2 aromatic carbocycles. The monoisotopic (exact) mass is 318 g/mol. The Hall–Kier alpha value is -2.53. The average molecular weight is 319 g/mol. The van der Waals surface area contributed by atoms with Gasteiger partial charge in [-0.25, -0.2) is 4.79 Å². The van der Waals surface area contributed by atoms with Crippen molar-refractivity contribution < 1.29 is 14.3 Å². The van der Waals surface area contributed by atoms with Crippen molar-refractivity contribution in [1.82, 2.24) is 0 Å². The van der Waals surface area contributed by atoms with Crippen molar-refractivity contribution in [3.05, 3.63) is 59.1 Å². The van der Waals surface area contributed by atoms with Crippen molar-refractivity contribution in [3.63, 3.8) is 0 Å². The molecule has 0 aliphatic rings. The first-order valence-electron chi connectivity index (χ1n) is 6.57. The standard InChI is InChI=1S/C16H15ClN2O3/c1-22-16(21)11-6-8-12(9-7-11)18-10-15(20)19-14-5-3-2-4-13(14)17/h2-9,18H,10H2,1H3,(H,19,20). The van der Waals surface area contributed by atoms with Gasteiger partial charge in [-0.2, -0.15) is 0 Å². The van der Waals surface area contributed by atoms with Crippen LogP contribution in [0.3, 0.4) is 0 Å². The van der Waals surface area contributed by atoms with Crippen LogP contribution in [0, 0.1) is 0 Å². The third kappa shape index (κ3) is 4.23. The summed E-state index contributed by atoms with van der Waals surface area (Å²) < 4.78 is 4.62. The summed E-state index contributed by atoms with van der Waals surface area (Å²) in [5.41, 5.74) is 1.74. The molecule has 0 unspecified atom stereocenters. The van der Waals surface area contributed by atoms with E-state index in [1.54, 1.807) is 48.5 Å². The average Bonchev–Trinajstić information content (AvgIpc) is 2.55. The third-order valence-corrected chi connectivity index (χ3v) is 3.24. The van der Waals surface area contributed by atoms with Crippen LogP contribution in [0.2, 0.25) is 5.02 Å². The Morgan fingerprint density at radius 3 is 2.41 bits per heavy atom. The lowest BCUT2D eigenvalue weighted by Crippen LogP contribution is -2.21. The SMILES string of the molecule is COC(=O)c1ccc(NCC(=O)Nc2ccccc2Cl)cc1. The number of carbonyl (C=O) groups is 2. The second kappa shape index (κ2) is 7.47. The van der Waals surface area contributed by atoms with Gasteiger partial charge in [0.25, 0.3) is 0 Å². The molecule has 0 saturated carbocycles. The molecule has 1 amide bonds. The summed E-state index contributed by atoms with van der Waals surface area (Å²) in [6.07, 6.45) is 0. The predicted molar refractivity (Wildman–Crippen MR) is 86.4 cm³/mol. The van der Waals surface area contributed by atoms with Gasteiger partial charge in [0.1, 0.15) is 0 Å². The Bertz CT molecular complexity index is 671. The van der Waals surface area contributed by atoms with Crippen molar-refractivity contribution >= 4 is 34.9 Å². The van der Waals surface area contributed by atoms with E-state index >= 15 is 0 Å². The number of methoxy groups -OCH3 is 1. The minimum atomic E-state index is -0.400. The lowest BCUT2D eigenvalue weighted by atomic mass is 10.2. The first-order chi connectivity index (χ1) is 10.6. The number of benzene rings is 2. The highest BCUT2D eigenvalue weighted by Crippen LogP contribution is 2.20. The lowest BCUT2D eigenvalue weighted by molar-refractivity contribution is -0.114. The molecule has 0 spiro atoms. The lowest BCUT2D eigenvalue weighted by Gasteiger charge is -2.09. The van der Waals surface area contributed by atoms with Crippen molar-refractivity contribution in [2.75, 3.05) is 24.3 Å². The van der Waals surface area contributed by atoms with E-state index < -0.39 is 5.97 Å². The molecule has 0 fully saturated rings. The van der Waals surface area contributed by atoms with Crippen molar-refractivity contribution in [1.29, 1.82) is 0 Å². The van der Waals surface area contributed by atoms with E-state index in [1.165, 1.54) is 7.11 Å². The molecule has 0 radical (unpaired) electrons. The van der Waals surface area contributed by atoms with Gasteiger partial charge in [-0.3, -0.25) is 4.79 Å². The van der Waals surface area contributed by atoms with Gasteiger partial charge in [0, 0.05) is 5.69 Å². The molecule has 0 aromatic heterocycles. The smallest absolute Gasteiger partial charge is 0.337 e. The maximum atomic E-state index is 11.9. The number of anilines is 2. The summed E-state index contributed by atoms with van der Waals surface area (Å²) in [6.45, 7) is 0.0861. The van der Waals surface area contributed by atoms with Gasteiger partial charge in [0.15, 0.2) is 0 Å². The second-order valence-electron chi connectivity index (χ2n) is 4.45. The molecule has 5 nitrogen and oxygen atoms in total. The number of halogens is 1. The van der Waals surface area contributed by atoms with Gasteiger partial charge >= 0.3 is 5.97 Å². The fraction of sp³-hybridized carbons (Fsp3) is 0.125. The van der Waals surface area contributed by atoms with Crippen molar-refractivity contribution in [2.45, 2.75) is 0 Å². The molecule has 0 aliphatic heterocycles. The highest BCUT2D eigenvalue weighted by atomic mass is 35.5. The molecule has 22 heavy (non-hydrogen) atoms. The summed E-state index contributed by atoms with van der Waals surface area (Å²) in [4.78, 5) is 23.2. The van der Waals surface area contributed by atoms with Crippen LogP contribution >= 0.6 is 11.6 Å². The Morgan fingerprint density at radius 2 is 1.77 bits per heavy atom. The number of rotatable bonds is 5. The zero-order chi connectivity index (χ0) is 15.9. The van der Waals surface area contributed by atoms with Crippen molar-refractivity contribution in [2.24, 2.45) is 0 Å². The van der Waals surface area contributed by atoms with E-state index in [0.29, 0.717) is 16.3 Å². The van der Waals surface area contributed by atoms with Crippen LogP contribution < -0.4 is 10.6 Å². The first-order valence-corrected chi connectivity index (χ1v) is 6.94. The number of hydrogen-bond acceptors (Lipinski definition) is 4. The number of amides is 1. The molecule has 0 atom stereocenters. The molecule has 2 rings (SSSR count). The van der Waals surface area contributed by atoms with Gasteiger partial charge < -0.3 is 15.4 Å². The van der Waals surface area contributed by atoms with Crippen LogP contribution in [0.5, 0.6) is 0 Å². The molecule has 0 aliphatic carbocycles. The molecule has 2 N–H and O–H groups in total. The molecule has 2 aromatic rings. The number of nitrogens with one attached hydrogen (secondary N) is 2. The molecule has 0 heterocycles. The molecular formula is C16H15ClN2O3. The minimum absolute atomic E-state index is 0.0861. The maximum absolute atomic E-state index is 11.9. The normalized spacial score (nSPS) is 9.91. The quantitative estimate of drug-likeness (QED) is 0.831. The minimum Gasteiger partial charge on any atom is -0.465 e. The van der Waals surface area contributed by atoms with Gasteiger partial charge in [-0.15, -0.1) is 0 Å². The van der Waals surface area contributed by atoms with Crippen LogP contribution in [-0.4, -0.2) is 25.5 Å². The summed E-state index contributed by atoms with van der Waals surface area (Å²) in [6, 6.07) is 13.7. The second-order valence-corrected chi connectivity index (χ2v) is 4.86. The fourth-order valence-corrected chi connectivity index (χ4v) is 1.96. The molecule has 0 saturated heterocycles. The highest BCUT2D eigenvalue weighted by molar-refractivity contribution is 6.33. The summed E-state index contributed by atoms with van der Waals surface area (Å²) in [5, 5.41) is 6.16. The summed E-state index contributed by atoms with van der Waals surface area (Å²) in [5.74, 6) is -0.617. The van der Waals surface area contributed by atoms with Gasteiger partial charge in [-0.1, -0.05) is 23.7 Å². The number of para-hydroxylation sites is 1. The molecule has 6 heteroatoms. The van der Waals surface area contributed by atoms with Gasteiger partial charge in [-0.05, 0) is 36.4 Å². The van der Waals surface area contributed by atoms with E-state index in [4.69, 9.17) is 11.6 Å².